The van der Waals surface area contributed by atoms with E-state index < -0.39 is 0 Å². The van der Waals surface area contributed by atoms with E-state index in [1.165, 1.54) is 4.88 Å². The molecule has 0 saturated carbocycles. The van der Waals surface area contributed by atoms with Crippen LogP contribution in [0.4, 0.5) is 5.82 Å². The van der Waals surface area contributed by atoms with Gasteiger partial charge < -0.3 is 10.2 Å². The average Bonchev–Trinajstić information content (AvgIpc) is 3.17. The van der Waals surface area contributed by atoms with E-state index in [0.717, 1.165) is 43.5 Å². The summed E-state index contributed by atoms with van der Waals surface area (Å²) in [5.41, 5.74) is 2.60. The molecule has 0 bridgehead atoms. The monoisotopic (exact) mass is 357 g/mol. The van der Waals surface area contributed by atoms with Gasteiger partial charge >= 0.3 is 0 Å². The van der Waals surface area contributed by atoms with E-state index in [2.05, 4.69) is 46.2 Å². The van der Waals surface area contributed by atoms with Crippen molar-refractivity contribution < 1.29 is 0 Å². The number of hydrogen-bond acceptors (Lipinski definition) is 7. The first-order chi connectivity index (χ1) is 12.0. The summed E-state index contributed by atoms with van der Waals surface area (Å²) in [4.78, 5) is 7.69. The van der Waals surface area contributed by atoms with E-state index in [0.29, 0.717) is 5.92 Å². The molecule has 3 aromatic rings. The number of nitrogens with one attached hydrogen (secondary N) is 1. The number of thiazole rings is 1. The summed E-state index contributed by atoms with van der Waals surface area (Å²) in [6.45, 7) is 10.4. The second-order valence-electron chi connectivity index (χ2n) is 7.60. The van der Waals surface area contributed by atoms with Gasteiger partial charge in [-0.2, -0.15) is 4.52 Å². The maximum atomic E-state index is 4.77. The molecule has 8 heteroatoms. The number of hydrogen-bond donors (Lipinski definition) is 1. The third-order valence-electron chi connectivity index (χ3n) is 4.42. The molecule has 0 atom stereocenters. The smallest absolute Gasteiger partial charge is 0.178 e. The van der Waals surface area contributed by atoms with Crippen molar-refractivity contribution in [2.45, 2.75) is 32.7 Å². The Morgan fingerprint density at radius 3 is 2.80 bits per heavy atom. The van der Waals surface area contributed by atoms with Crippen LogP contribution in [0.3, 0.4) is 0 Å². The predicted molar refractivity (Wildman–Crippen MR) is 99.0 cm³/mol. The lowest BCUT2D eigenvalue weighted by Crippen LogP contribution is -2.51. The molecule has 0 spiro atoms. The topological polar surface area (TPSA) is 71.2 Å². The van der Waals surface area contributed by atoms with E-state index in [1.54, 1.807) is 11.3 Å². The molecule has 1 saturated heterocycles. The summed E-state index contributed by atoms with van der Waals surface area (Å²) >= 11 is 1.69. The van der Waals surface area contributed by atoms with Gasteiger partial charge in [0.25, 0.3) is 0 Å². The minimum Gasteiger partial charge on any atom is -0.354 e. The molecule has 3 aromatic heterocycles. The second-order valence-corrected chi connectivity index (χ2v) is 8.58. The van der Waals surface area contributed by atoms with Crippen LogP contribution in [0.2, 0.25) is 0 Å². The van der Waals surface area contributed by atoms with E-state index in [4.69, 9.17) is 5.10 Å². The lowest BCUT2D eigenvalue weighted by atomic mass is 9.96. The van der Waals surface area contributed by atoms with Gasteiger partial charge in [0.1, 0.15) is 5.82 Å². The first-order valence-electron chi connectivity index (χ1n) is 8.57. The Morgan fingerprint density at radius 1 is 1.24 bits per heavy atom. The molecular weight excluding hydrogens is 334 g/mol. The molecule has 132 valence electrons. The summed E-state index contributed by atoms with van der Waals surface area (Å²) in [6.07, 6.45) is 1.93. The van der Waals surface area contributed by atoms with Crippen LogP contribution in [0.15, 0.2) is 23.8 Å². The molecular formula is C17H23N7S. The molecule has 4 heterocycles. The highest BCUT2D eigenvalue weighted by Crippen LogP contribution is 2.25. The lowest BCUT2D eigenvalue weighted by Gasteiger charge is -2.40. The van der Waals surface area contributed by atoms with Gasteiger partial charge in [-0.25, -0.2) is 0 Å². The predicted octanol–water partition coefficient (Wildman–Crippen LogP) is 2.10. The molecule has 0 radical (unpaired) electrons. The third-order valence-corrected chi connectivity index (χ3v) is 5.20. The summed E-state index contributed by atoms with van der Waals surface area (Å²) in [5, 5.41) is 16.8. The largest absolute Gasteiger partial charge is 0.354 e. The normalized spacial score (nSPS) is 15.7. The van der Waals surface area contributed by atoms with Crippen molar-refractivity contribution in [3.8, 4) is 0 Å². The average molecular weight is 357 g/mol. The Balaban J connectivity index is 1.37. The zero-order valence-electron chi connectivity index (χ0n) is 14.8. The van der Waals surface area contributed by atoms with Gasteiger partial charge in [0.2, 0.25) is 0 Å². The Morgan fingerprint density at radius 2 is 2.08 bits per heavy atom. The first-order valence-corrected chi connectivity index (χ1v) is 9.44. The summed E-state index contributed by atoms with van der Waals surface area (Å²) in [7, 11) is 0. The van der Waals surface area contributed by atoms with Crippen LogP contribution in [0.25, 0.3) is 5.65 Å². The van der Waals surface area contributed by atoms with Gasteiger partial charge in [-0.05, 0) is 12.1 Å². The molecule has 4 rings (SSSR count). The maximum absolute atomic E-state index is 4.77. The van der Waals surface area contributed by atoms with Crippen molar-refractivity contribution in [1.82, 2.24) is 30.1 Å². The quantitative estimate of drug-likeness (QED) is 0.754. The van der Waals surface area contributed by atoms with Gasteiger partial charge in [-0.1, -0.05) is 20.8 Å². The minimum atomic E-state index is -0.0803. The fraction of sp³-hybridized carbons (Fsp3) is 0.529. The van der Waals surface area contributed by atoms with Gasteiger partial charge in [0, 0.05) is 48.6 Å². The van der Waals surface area contributed by atoms with Crippen LogP contribution in [-0.4, -0.2) is 44.4 Å². The molecule has 7 nitrogen and oxygen atoms in total. The Kier molecular flexibility index (Phi) is 4.16. The fourth-order valence-corrected chi connectivity index (χ4v) is 3.59. The second kappa shape index (κ2) is 6.34. The Labute approximate surface area is 151 Å². The van der Waals surface area contributed by atoms with Crippen LogP contribution >= 0.6 is 11.3 Å². The molecule has 0 aliphatic carbocycles. The molecule has 1 aliphatic rings. The number of anilines is 1. The van der Waals surface area contributed by atoms with Crippen molar-refractivity contribution >= 4 is 22.8 Å². The van der Waals surface area contributed by atoms with Crippen LogP contribution in [0, 0.1) is 5.92 Å². The zero-order chi connectivity index (χ0) is 17.4. The molecule has 0 amide bonds. The van der Waals surface area contributed by atoms with Gasteiger partial charge in [0.05, 0.1) is 5.51 Å². The third kappa shape index (κ3) is 3.36. The molecule has 1 aliphatic heterocycles. The van der Waals surface area contributed by atoms with E-state index >= 15 is 0 Å². The van der Waals surface area contributed by atoms with Crippen molar-refractivity contribution in [2.75, 3.05) is 24.5 Å². The van der Waals surface area contributed by atoms with E-state index in [1.807, 2.05) is 28.4 Å². The lowest BCUT2D eigenvalue weighted by molar-refractivity contribution is 0.381. The highest BCUT2D eigenvalue weighted by Gasteiger charge is 2.28. The van der Waals surface area contributed by atoms with Crippen molar-refractivity contribution in [3.05, 3.63) is 34.5 Å². The van der Waals surface area contributed by atoms with E-state index in [9.17, 15) is 0 Å². The van der Waals surface area contributed by atoms with Crippen molar-refractivity contribution in [3.63, 3.8) is 0 Å². The highest BCUT2D eigenvalue weighted by atomic mass is 32.1. The number of aromatic nitrogens is 5. The van der Waals surface area contributed by atoms with Crippen LogP contribution in [-0.2, 0) is 12.0 Å². The van der Waals surface area contributed by atoms with Crippen LogP contribution in [0.1, 0.15) is 31.5 Å². The molecule has 25 heavy (non-hydrogen) atoms. The molecule has 0 unspecified atom stereocenters. The number of nitrogens with zero attached hydrogens (tertiary/aromatic N) is 6. The zero-order valence-corrected chi connectivity index (χ0v) is 15.6. The number of rotatable bonds is 5. The maximum Gasteiger partial charge on any atom is 0.178 e. The van der Waals surface area contributed by atoms with E-state index in [-0.39, 0.29) is 5.41 Å². The summed E-state index contributed by atoms with van der Waals surface area (Å²) < 4.78 is 1.88. The highest BCUT2D eigenvalue weighted by molar-refractivity contribution is 7.09. The van der Waals surface area contributed by atoms with Crippen molar-refractivity contribution in [1.29, 1.82) is 0 Å². The van der Waals surface area contributed by atoms with Crippen LogP contribution < -0.4 is 10.2 Å². The van der Waals surface area contributed by atoms with Gasteiger partial charge in [0.15, 0.2) is 11.5 Å². The SMILES string of the molecule is CC(C)(C)c1nnc2ccc(N3CC(CNCc4cncs4)C3)nn12. The van der Waals surface area contributed by atoms with Crippen LogP contribution in [0.5, 0.6) is 0 Å². The minimum absolute atomic E-state index is 0.0803. The van der Waals surface area contributed by atoms with Crippen molar-refractivity contribution in [2.24, 2.45) is 5.92 Å². The van der Waals surface area contributed by atoms with Gasteiger partial charge in [-0.15, -0.1) is 26.6 Å². The standard InChI is InChI=1S/C17H23N7S/c1-17(2,3)16-21-20-14-4-5-15(22-24(14)16)23-9-12(10-23)6-18-7-13-8-19-11-25-13/h4-5,8,11-12,18H,6-7,9-10H2,1-3H3. The Bertz CT molecular complexity index is 844. The first kappa shape index (κ1) is 16.4. The summed E-state index contributed by atoms with van der Waals surface area (Å²) in [6, 6.07) is 4.04. The fourth-order valence-electron chi connectivity index (χ4n) is 3.03. The molecule has 1 fully saturated rings. The number of fused-ring (bicyclic) bond motifs is 1. The summed E-state index contributed by atoms with van der Waals surface area (Å²) in [5.74, 6) is 2.55. The van der Waals surface area contributed by atoms with Gasteiger partial charge in [-0.3, -0.25) is 4.98 Å². The Hall–Kier alpha value is -2.06. The molecule has 0 aromatic carbocycles. The molecule has 1 N–H and O–H groups in total.